The van der Waals surface area contributed by atoms with Gasteiger partial charge >= 0.3 is 5.97 Å². The number of esters is 1. The van der Waals surface area contributed by atoms with E-state index in [0.717, 1.165) is 6.54 Å². The van der Waals surface area contributed by atoms with E-state index in [1.54, 1.807) is 6.20 Å². The Kier molecular flexibility index (Phi) is 3.98. The van der Waals surface area contributed by atoms with Crippen molar-refractivity contribution in [3.8, 4) is 0 Å². The molecule has 0 bridgehead atoms. The molecule has 0 aromatic heterocycles. The Morgan fingerprint density at radius 1 is 1.57 bits per heavy atom. The van der Waals surface area contributed by atoms with Gasteiger partial charge < -0.3 is 10.1 Å². The van der Waals surface area contributed by atoms with Crippen LogP contribution >= 0.6 is 0 Å². The summed E-state index contributed by atoms with van der Waals surface area (Å²) in [5.74, 6) is -0.309. The van der Waals surface area contributed by atoms with Crippen LogP contribution in [-0.4, -0.2) is 19.6 Å². The fourth-order valence-electron chi connectivity index (χ4n) is 1.80. The number of rotatable bonds is 5. The predicted octanol–water partition coefficient (Wildman–Crippen LogP) is 1.84. The minimum absolute atomic E-state index is 0.309. The van der Waals surface area contributed by atoms with Crippen molar-refractivity contribution >= 4 is 5.97 Å². The van der Waals surface area contributed by atoms with E-state index < -0.39 is 0 Å². The minimum Gasteiger partial charge on any atom is -0.466 e. The van der Waals surface area contributed by atoms with Crippen molar-refractivity contribution in [3.05, 3.63) is 12.3 Å². The average molecular weight is 197 g/mol. The lowest BCUT2D eigenvalue weighted by Crippen LogP contribution is -2.37. The van der Waals surface area contributed by atoms with Crippen molar-refractivity contribution in [2.45, 2.75) is 32.6 Å². The Hall–Kier alpha value is -0.990. The molecule has 0 radical (unpaired) electrons. The van der Waals surface area contributed by atoms with Gasteiger partial charge in [-0.1, -0.05) is 13.3 Å². The number of hydrogen-bond donors (Lipinski definition) is 1. The molecule has 0 atom stereocenters. The fraction of sp³-hybridized carbons (Fsp3) is 0.727. The Morgan fingerprint density at radius 2 is 2.29 bits per heavy atom. The summed E-state index contributed by atoms with van der Waals surface area (Å²) < 4.78 is 4.48. The molecule has 3 nitrogen and oxygen atoms in total. The minimum atomic E-state index is -0.309. The van der Waals surface area contributed by atoms with E-state index in [0.29, 0.717) is 5.41 Å². The van der Waals surface area contributed by atoms with Gasteiger partial charge in [-0.3, -0.25) is 0 Å². The molecule has 0 heterocycles. The van der Waals surface area contributed by atoms with Gasteiger partial charge in [0.1, 0.15) is 0 Å². The summed E-state index contributed by atoms with van der Waals surface area (Å²) in [7, 11) is 1.38. The second-order valence-electron chi connectivity index (χ2n) is 3.94. The number of methoxy groups -OCH3 is 1. The smallest absolute Gasteiger partial charge is 0.331 e. The van der Waals surface area contributed by atoms with Gasteiger partial charge in [-0.2, -0.15) is 0 Å². The zero-order valence-corrected chi connectivity index (χ0v) is 9.01. The molecule has 1 rings (SSSR count). The molecule has 0 aliphatic heterocycles. The number of carbonyl (C=O) groups excluding carboxylic acids is 1. The molecular weight excluding hydrogens is 178 g/mol. The van der Waals surface area contributed by atoms with Crippen LogP contribution in [0.2, 0.25) is 0 Å². The first-order valence-electron chi connectivity index (χ1n) is 5.20. The Bertz CT molecular complexity index is 214. The molecule has 3 heteroatoms. The van der Waals surface area contributed by atoms with E-state index >= 15 is 0 Å². The summed E-state index contributed by atoms with van der Waals surface area (Å²) in [6.07, 6.45) is 8.27. The second kappa shape index (κ2) is 5.03. The van der Waals surface area contributed by atoms with E-state index in [4.69, 9.17) is 0 Å². The summed E-state index contributed by atoms with van der Waals surface area (Å²) in [5, 5.41) is 3.16. The number of nitrogens with one attached hydrogen (secondary N) is 1. The van der Waals surface area contributed by atoms with Gasteiger partial charge in [0.05, 0.1) is 7.11 Å². The fourth-order valence-corrected chi connectivity index (χ4v) is 1.80. The number of carbonyl (C=O) groups is 1. The van der Waals surface area contributed by atoms with Crippen LogP contribution in [0.15, 0.2) is 12.3 Å². The lowest BCUT2D eigenvalue weighted by molar-refractivity contribution is -0.134. The molecule has 80 valence electrons. The third-order valence-corrected chi connectivity index (χ3v) is 3.18. The summed E-state index contributed by atoms with van der Waals surface area (Å²) in [4.78, 5) is 10.7. The van der Waals surface area contributed by atoms with Crippen molar-refractivity contribution in [2.75, 3.05) is 13.7 Å². The van der Waals surface area contributed by atoms with Gasteiger partial charge in [-0.25, -0.2) is 4.79 Å². The summed E-state index contributed by atoms with van der Waals surface area (Å²) in [6, 6.07) is 0. The molecule has 0 unspecified atom stereocenters. The molecule has 1 fully saturated rings. The number of ether oxygens (including phenoxy) is 1. The molecule has 0 amide bonds. The van der Waals surface area contributed by atoms with E-state index in [1.165, 1.54) is 38.9 Å². The first-order valence-corrected chi connectivity index (χ1v) is 5.20. The van der Waals surface area contributed by atoms with Gasteiger partial charge in [-0.15, -0.1) is 0 Å². The molecule has 0 aromatic rings. The summed E-state index contributed by atoms with van der Waals surface area (Å²) in [5.41, 5.74) is 0.487. The Morgan fingerprint density at radius 3 is 2.71 bits per heavy atom. The van der Waals surface area contributed by atoms with Gasteiger partial charge in [0.25, 0.3) is 0 Å². The molecule has 0 saturated heterocycles. The highest BCUT2D eigenvalue weighted by Crippen LogP contribution is 2.42. The molecule has 1 aliphatic carbocycles. The topological polar surface area (TPSA) is 38.3 Å². The number of hydrogen-bond acceptors (Lipinski definition) is 3. The van der Waals surface area contributed by atoms with Crippen LogP contribution in [0.1, 0.15) is 32.6 Å². The second-order valence-corrected chi connectivity index (χ2v) is 3.94. The van der Waals surface area contributed by atoms with Gasteiger partial charge in [0.15, 0.2) is 0 Å². The van der Waals surface area contributed by atoms with Crippen LogP contribution in [0.5, 0.6) is 0 Å². The molecule has 0 aromatic carbocycles. The molecule has 1 saturated carbocycles. The standard InChI is InChI=1S/C11H19NO2/c1-3-11(6-4-7-11)9-12-8-5-10(13)14-2/h5,8,12H,3-4,6-7,9H2,1-2H3/b8-5+. The van der Waals surface area contributed by atoms with E-state index in [1.807, 2.05) is 0 Å². The highest BCUT2D eigenvalue weighted by Gasteiger charge is 2.34. The third kappa shape index (κ3) is 2.76. The first kappa shape index (κ1) is 11.1. The molecule has 1 aliphatic rings. The van der Waals surface area contributed by atoms with Crippen molar-refractivity contribution in [1.29, 1.82) is 0 Å². The monoisotopic (exact) mass is 197 g/mol. The molecule has 0 spiro atoms. The van der Waals surface area contributed by atoms with Crippen LogP contribution in [0, 0.1) is 5.41 Å². The van der Waals surface area contributed by atoms with Crippen molar-refractivity contribution in [1.82, 2.24) is 5.32 Å². The maximum atomic E-state index is 10.7. The summed E-state index contributed by atoms with van der Waals surface area (Å²) >= 11 is 0. The molecule has 14 heavy (non-hydrogen) atoms. The normalized spacial score (nSPS) is 19.0. The van der Waals surface area contributed by atoms with Gasteiger partial charge in [-0.05, 0) is 24.7 Å². The zero-order chi connectivity index (χ0) is 10.4. The predicted molar refractivity (Wildman–Crippen MR) is 55.7 cm³/mol. The van der Waals surface area contributed by atoms with Gasteiger partial charge in [0, 0.05) is 18.8 Å². The SMILES string of the molecule is CCC1(CN/C=C/C(=O)OC)CCC1. The van der Waals surface area contributed by atoms with Crippen LogP contribution in [0.25, 0.3) is 0 Å². The lowest BCUT2D eigenvalue weighted by Gasteiger charge is -2.41. The first-order chi connectivity index (χ1) is 6.72. The average Bonchev–Trinajstić information content (AvgIpc) is 2.15. The largest absolute Gasteiger partial charge is 0.466 e. The van der Waals surface area contributed by atoms with Crippen molar-refractivity contribution < 1.29 is 9.53 Å². The highest BCUT2D eigenvalue weighted by molar-refractivity contribution is 5.81. The van der Waals surface area contributed by atoms with Crippen LogP contribution in [-0.2, 0) is 9.53 Å². The summed E-state index contributed by atoms with van der Waals surface area (Å²) in [6.45, 7) is 3.20. The Labute approximate surface area is 85.5 Å². The van der Waals surface area contributed by atoms with Crippen molar-refractivity contribution in [3.63, 3.8) is 0 Å². The van der Waals surface area contributed by atoms with E-state index in [2.05, 4.69) is 17.0 Å². The molecular formula is C11H19NO2. The van der Waals surface area contributed by atoms with Crippen molar-refractivity contribution in [2.24, 2.45) is 5.41 Å². The quantitative estimate of drug-likeness (QED) is 0.540. The van der Waals surface area contributed by atoms with Gasteiger partial charge in [0.2, 0.25) is 0 Å². The maximum Gasteiger partial charge on any atom is 0.331 e. The third-order valence-electron chi connectivity index (χ3n) is 3.18. The van der Waals surface area contributed by atoms with E-state index in [9.17, 15) is 4.79 Å². The highest BCUT2D eigenvalue weighted by atomic mass is 16.5. The molecule has 1 N–H and O–H groups in total. The zero-order valence-electron chi connectivity index (χ0n) is 9.01. The Balaban J connectivity index is 2.20. The lowest BCUT2D eigenvalue weighted by atomic mass is 9.67. The van der Waals surface area contributed by atoms with E-state index in [-0.39, 0.29) is 5.97 Å². The van der Waals surface area contributed by atoms with Crippen LogP contribution in [0.4, 0.5) is 0 Å². The maximum absolute atomic E-state index is 10.7. The van der Waals surface area contributed by atoms with Crippen LogP contribution in [0.3, 0.4) is 0 Å². The van der Waals surface area contributed by atoms with Crippen LogP contribution < -0.4 is 5.32 Å².